The number of carbonyl (C=O) groups excluding carboxylic acids is 1. The number of carbonyl (C=O) groups is 1. The first kappa shape index (κ1) is 13.0. The van der Waals surface area contributed by atoms with Crippen LogP contribution in [-0.2, 0) is 11.4 Å². The molecule has 1 aliphatic rings. The fraction of sp³-hybridized carbons (Fsp3) is 0.308. The summed E-state index contributed by atoms with van der Waals surface area (Å²) in [6, 6.07) is 3.57. The van der Waals surface area contributed by atoms with Crippen molar-refractivity contribution in [2.75, 3.05) is 6.54 Å². The zero-order valence-electron chi connectivity index (χ0n) is 10.6. The van der Waals surface area contributed by atoms with Gasteiger partial charge in [0, 0.05) is 19.2 Å². The van der Waals surface area contributed by atoms with E-state index in [1.807, 2.05) is 0 Å². The fourth-order valence-corrected chi connectivity index (χ4v) is 2.67. The molecule has 1 saturated heterocycles. The Hall–Kier alpha value is -1.99. The molecule has 104 valence electrons. The molecule has 1 amide bonds. The van der Waals surface area contributed by atoms with Crippen LogP contribution in [0, 0.1) is 0 Å². The number of nitrogens with zero attached hydrogens (tertiary/aromatic N) is 2. The Bertz CT molecular complexity index is 612. The van der Waals surface area contributed by atoms with Crippen molar-refractivity contribution < 1.29 is 14.6 Å². The first-order valence-corrected chi connectivity index (χ1v) is 7.04. The Kier molecular flexibility index (Phi) is 3.62. The van der Waals surface area contributed by atoms with E-state index >= 15 is 0 Å². The van der Waals surface area contributed by atoms with E-state index in [1.54, 1.807) is 24.5 Å². The largest absolute Gasteiger partial charge is 0.479 e. The average molecular weight is 291 g/mol. The molecule has 2 aromatic heterocycles. The summed E-state index contributed by atoms with van der Waals surface area (Å²) in [4.78, 5) is 20.7. The van der Waals surface area contributed by atoms with Crippen molar-refractivity contribution in [2.45, 2.75) is 19.1 Å². The van der Waals surface area contributed by atoms with Gasteiger partial charge >= 0.3 is 0 Å². The lowest BCUT2D eigenvalue weighted by atomic mass is 10.3. The second-order valence-electron chi connectivity index (χ2n) is 4.36. The smallest absolute Gasteiger partial charge is 0.261 e. The SMILES string of the molecule is O=C1NCC[C@H]1Oc1ccc(-c2ncc(CO)s2)nc1. The van der Waals surface area contributed by atoms with E-state index in [2.05, 4.69) is 15.3 Å². The van der Waals surface area contributed by atoms with Gasteiger partial charge < -0.3 is 15.2 Å². The Morgan fingerprint density at radius 3 is 2.90 bits per heavy atom. The number of ether oxygens (including phenoxy) is 1. The summed E-state index contributed by atoms with van der Waals surface area (Å²) >= 11 is 1.40. The first-order chi connectivity index (χ1) is 9.76. The number of pyridine rings is 1. The van der Waals surface area contributed by atoms with Gasteiger partial charge in [-0.1, -0.05) is 0 Å². The van der Waals surface area contributed by atoms with Crippen LogP contribution >= 0.6 is 11.3 Å². The lowest BCUT2D eigenvalue weighted by Crippen LogP contribution is -2.27. The van der Waals surface area contributed by atoms with Crippen molar-refractivity contribution in [1.82, 2.24) is 15.3 Å². The molecule has 1 atom stereocenters. The van der Waals surface area contributed by atoms with E-state index in [1.165, 1.54) is 11.3 Å². The molecule has 1 fully saturated rings. The van der Waals surface area contributed by atoms with Gasteiger partial charge in [-0.05, 0) is 12.1 Å². The van der Waals surface area contributed by atoms with Crippen molar-refractivity contribution in [1.29, 1.82) is 0 Å². The monoisotopic (exact) mass is 291 g/mol. The first-order valence-electron chi connectivity index (χ1n) is 6.22. The molecule has 0 saturated carbocycles. The molecule has 0 aliphatic carbocycles. The van der Waals surface area contributed by atoms with Gasteiger partial charge in [0.25, 0.3) is 5.91 Å². The van der Waals surface area contributed by atoms with Crippen molar-refractivity contribution >= 4 is 17.2 Å². The molecule has 2 N–H and O–H groups in total. The Morgan fingerprint density at radius 2 is 2.30 bits per heavy atom. The molecule has 6 nitrogen and oxygen atoms in total. The lowest BCUT2D eigenvalue weighted by Gasteiger charge is -2.10. The van der Waals surface area contributed by atoms with Crippen LogP contribution in [0.1, 0.15) is 11.3 Å². The summed E-state index contributed by atoms with van der Waals surface area (Å²) in [5.74, 6) is 0.483. The van der Waals surface area contributed by atoms with E-state index < -0.39 is 6.10 Å². The normalized spacial score (nSPS) is 18.1. The van der Waals surface area contributed by atoms with Crippen LogP contribution in [0.25, 0.3) is 10.7 Å². The second-order valence-corrected chi connectivity index (χ2v) is 5.47. The second kappa shape index (κ2) is 5.56. The maximum atomic E-state index is 11.4. The summed E-state index contributed by atoms with van der Waals surface area (Å²) in [5, 5.41) is 12.5. The van der Waals surface area contributed by atoms with E-state index in [4.69, 9.17) is 9.84 Å². The summed E-state index contributed by atoms with van der Waals surface area (Å²) in [5.41, 5.74) is 0.720. The predicted octanol–water partition coefficient (Wildman–Crippen LogP) is 0.965. The van der Waals surface area contributed by atoms with E-state index in [0.29, 0.717) is 18.7 Å². The number of thiazole rings is 1. The third-order valence-corrected chi connectivity index (χ3v) is 3.95. The molecule has 3 heterocycles. The molecule has 20 heavy (non-hydrogen) atoms. The summed E-state index contributed by atoms with van der Waals surface area (Å²) in [6.45, 7) is 0.633. The summed E-state index contributed by atoms with van der Waals surface area (Å²) in [7, 11) is 0. The minimum absolute atomic E-state index is 0.0182. The number of rotatable bonds is 4. The van der Waals surface area contributed by atoms with Gasteiger partial charge in [-0.15, -0.1) is 11.3 Å². The molecular weight excluding hydrogens is 278 g/mol. The number of aliphatic hydroxyl groups excluding tert-OH is 1. The third kappa shape index (κ3) is 2.63. The van der Waals surface area contributed by atoms with Gasteiger partial charge in [-0.3, -0.25) is 4.79 Å². The predicted molar refractivity (Wildman–Crippen MR) is 73.3 cm³/mol. The van der Waals surface area contributed by atoms with Crippen LogP contribution in [0.4, 0.5) is 0 Å². The van der Waals surface area contributed by atoms with Gasteiger partial charge in [-0.2, -0.15) is 0 Å². The van der Waals surface area contributed by atoms with Gasteiger partial charge in [0.2, 0.25) is 0 Å². The zero-order chi connectivity index (χ0) is 13.9. The summed E-state index contributed by atoms with van der Waals surface area (Å²) in [6.07, 6.45) is 3.46. The van der Waals surface area contributed by atoms with Gasteiger partial charge in [0.1, 0.15) is 10.8 Å². The van der Waals surface area contributed by atoms with Crippen LogP contribution in [0.3, 0.4) is 0 Å². The highest BCUT2D eigenvalue weighted by atomic mass is 32.1. The molecule has 0 aromatic carbocycles. The molecular formula is C13H13N3O3S. The number of hydrogen-bond donors (Lipinski definition) is 2. The van der Waals surface area contributed by atoms with E-state index in [9.17, 15) is 4.79 Å². The van der Waals surface area contributed by atoms with Crippen LogP contribution < -0.4 is 10.1 Å². The molecule has 3 rings (SSSR count). The highest BCUT2D eigenvalue weighted by molar-refractivity contribution is 7.14. The topological polar surface area (TPSA) is 84.3 Å². The van der Waals surface area contributed by atoms with Gasteiger partial charge in [-0.25, -0.2) is 9.97 Å². The van der Waals surface area contributed by atoms with Crippen LogP contribution in [0.15, 0.2) is 24.5 Å². The maximum absolute atomic E-state index is 11.4. The maximum Gasteiger partial charge on any atom is 0.261 e. The fourth-order valence-electron chi connectivity index (χ4n) is 1.92. The molecule has 2 aromatic rings. The van der Waals surface area contributed by atoms with E-state index in [-0.39, 0.29) is 12.5 Å². The number of aromatic nitrogens is 2. The molecule has 0 spiro atoms. The Labute approximate surface area is 119 Å². The quantitative estimate of drug-likeness (QED) is 0.876. The minimum atomic E-state index is -0.427. The van der Waals surface area contributed by atoms with Gasteiger partial charge in [0.05, 0.1) is 23.4 Å². The molecule has 0 radical (unpaired) electrons. The van der Waals surface area contributed by atoms with Crippen molar-refractivity contribution in [2.24, 2.45) is 0 Å². The van der Waals surface area contributed by atoms with E-state index in [0.717, 1.165) is 15.6 Å². The molecule has 1 aliphatic heterocycles. The number of nitrogens with one attached hydrogen (secondary N) is 1. The van der Waals surface area contributed by atoms with Crippen LogP contribution in [0.5, 0.6) is 5.75 Å². The third-order valence-electron chi connectivity index (χ3n) is 2.94. The van der Waals surface area contributed by atoms with Gasteiger partial charge in [0.15, 0.2) is 6.10 Å². The van der Waals surface area contributed by atoms with Crippen molar-refractivity contribution in [3.63, 3.8) is 0 Å². The Balaban J connectivity index is 1.72. The lowest BCUT2D eigenvalue weighted by molar-refractivity contribution is -0.124. The zero-order valence-corrected chi connectivity index (χ0v) is 11.4. The number of amides is 1. The molecule has 0 unspecified atom stereocenters. The van der Waals surface area contributed by atoms with Crippen LogP contribution in [-0.4, -0.2) is 33.6 Å². The highest BCUT2D eigenvalue weighted by Crippen LogP contribution is 2.25. The highest BCUT2D eigenvalue weighted by Gasteiger charge is 2.25. The summed E-state index contributed by atoms with van der Waals surface area (Å²) < 4.78 is 5.57. The Morgan fingerprint density at radius 1 is 1.40 bits per heavy atom. The standard InChI is InChI=1S/C13H13N3O3S/c17-7-9-6-16-13(20-9)10-2-1-8(5-15-10)19-11-3-4-14-12(11)18/h1-2,5-6,11,17H,3-4,7H2,(H,14,18)/t11-/m1/s1. The number of aliphatic hydroxyl groups is 1. The minimum Gasteiger partial charge on any atom is -0.479 e. The average Bonchev–Trinajstić information content (AvgIpc) is 3.10. The van der Waals surface area contributed by atoms with Crippen molar-refractivity contribution in [3.05, 3.63) is 29.4 Å². The van der Waals surface area contributed by atoms with Crippen molar-refractivity contribution in [3.8, 4) is 16.5 Å². The van der Waals surface area contributed by atoms with Crippen LogP contribution in [0.2, 0.25) is 0 Å². The molecule has 0 bridgehead atoms. The number of hydrogen-bond acceptors (Lipinski definition) is 6. The molecule has 7 heteroatoms.